The van der Waals surface area contributed by atoms with Crippen LogP contribution in [0.25, 0.3) is 0 Å². The van der Waals surface area contributed by atoms with Gasteiger partial charge in [-0.05, 0) is 48.4 Å². The van der Waals surface area contributed by atoms with Crippen molar-refractivity contribution in [1.82, 2.24) is 4.90 Å². The van der Waals surface area contributed by atoms with Gasteiger partial charge in [0.25, 0.3) is 5.91 Å². The second kappa shape index (κ2) is 7.38. The predicted molar refractivity (Wildman–Crippen MR) is 99.8 cm³/mol. The lowest BCUT2D eigenvalue weighted by molar-refractivity contribution is -0.128. The van der Waals surface area contributed by atoms with Gasteiger partial charge in [-0.25, -0.2) is 0 Å². The van der Waals surface area contributed by atoms with Gasteiger partial charge in [0.15, 0.2) is 0 Å². The van der Waals surface area contributed by atoms with Crippen LogP contribution in [0, 0.1) is 0 Å². The molecule has 2 aromatic rings. The van der Waals surface area contributed by atoms with E-state index in [-0.39, 0.29) is 11.8 Å². The van der Waals surface area contributed by atoms with Crippen LogP contribution >= 0.6 is 0 Å². The Hall–Kier alpha value is -2.82. The maximum absolute atomic E-state index is 12.4. The van der Waals surface area contributed by atoms with E-state index in [9.17, 15) is 9.59 Å². The van der Waals surface area contributed by atoms with Gasteiger partial charge >= 0.3 is 0 Å². The van der Waals surface area contributed by atoms with E-state index in [4.69, 9.17) is 0 Å². The van der Waals surface area contributed by atoms with Crippen LogP contribution in [-0.2, 0) is 11.3 Å². The van der Waals surface area contributed by atoms with E-state index in [1.54, 1.807) is 0 Å². The number of nitrogens with zero attached hydrogens (tertiary/aromatic N) is 2. The van der Waals surface area contributed by atoms with Crippen molar-refractivity contribution in [3.05, 3.63) is 59.7 Å². The standard InChI is InChI=1S/C20H23N3O2/c1-22(2)18-10-8-16(9-11-18)20(25)21-17-6-3-5-15(13-17)14-23-12-4-7-19(23)24/h3,5-6,8-11,13H,4,7,12,14H2,1-2H3,(H,21,25). The van der Waals surface area contributed by atoms with Gasteiger partial charge in [-0.3, -0.25) is 9.59 Å². The number of carbonyl (C=O) groups excluding carboxylic acids is 2. The topological polar surface area (TPSA) is 52.7 Å². The molecule has 5 nitrogen and oxygen atoms in total. The number of rotatable bonds is 5. The van der Waals surface area contributed by atoms with E-state index >= 15 is 0 Å². The summed E-state index contributed by atoms with van der Waals surface area (Å²) < 4.78 is 0. The molecule has 25 heavy (non-hydrogen) atoms. The summed E-state index contributed by atoms with van der Waals surface area (Å²) in [6.45, 7) is 1.41. The zero-order valence-corrected chi connectivity index (χ0v) is 14.7. The third-order valence-corrected chi connectivity index (χ3v) is 4.38. The Bertz CT molecular complexity index is 769. The van der Waals surface area contributed by atoms with Gasteiger partial charge in [0.05, 0.1) is 0 Å². The number of amides is 2. The number of carbonyl (C=O) groups is 2. The summed E-state index contributed by atoms with van der Waals surface area (Å²) in [4.78, 5) is 28.0. The molecule has 0 spiro atoms. The number of likely N-dealkylation sites (tertiary alicyclic amines) is 1. The number of hydrogen-bond acceptors (Lipinski definition) is 3. The quantitative estimate of drug-likeness (QED) is 0.912. The van der Waals surface area contributed by atoms with Gasteiger partial charge in [-0.15, -0.1) is 0 Å². The molecule has 0 aromatic heterocycles. The van der Waals surface area contributed by atoms with Crippen molar-refractivity contribution in [3.63, 3.8) is 0 Å². The molecule has 1 heterocycles. The van der Waals surface area contributed by atoms with Crippen LogP contribution < -0.4 is 10.2 Å². The van der Waals surface area contributed by atoms with E-state index in [2.05, 4.69) is 5.32 Å². The second-order valence-corrected chi connectivity index (χ2v) is 6.51. The van der Waals surface area contributed by atoms with Crippen molar-refractivity contribution in [3.8, 4) is 0 Å². The van der Waals surface area contributed by atoms with E-state index in [0.29, 0.717) is 18.5 Å². The molecular formula is C20H23N3O2. The zero-order chi connectivity index (χ0) is 17.8. The van der Waals surface area contributed by atoms with E-state index in [0.717, 1.165) is 29.9 Å². The molecule has 1 aliphatic heterocycles. The Kier molecular flexibility index (Phi) is 5.03. The Morgan fingerprint density at radius 1 is 1.16 bits per heavy atom. The molecule has 2 amide bonds. The van der Waals surface area contributed by atoms with Crippen molar-refractivity contribution in [2.24, 2.45) is 0 Å². The third-order valence-electron chi connectivity index (χ3n) is 4.38. The van der Waals surface area contributed by atoms with Gasteiger partial charge in [-0.2, -0.15) is 0 Å². The highest BCUT2D eigenvalue weighted by atomic mass is 16.2. The van der Waals surface area contributed by atoms with Crippen LogP contribution in [-0.4, -0.2) is 37.4 Å². The van der Waals surface area contributed by atoms with Gasteiger partial charge in [-0.1, -0.05) is 12.1 Å². The summed E-state index contributed by atoms with van der Waals surface area (Å²) in [6.07, 6.45) is 1.57. The first-order valence-electron chi connectivity index (χ1n) is 8.48. The average Bonchev–Trinajstić information content (AvgIpc) is 3.00. The molecule has 1 aliphatic rings. The summed E-state index contributed by atoms with van der Waals surface area (Å²) in [6, 6.07) is 15.1. The maximum atomic E-state index is 12.4. The number of hydrogen-bond donors (Lipinski definition) is 1. The maximum Gasteiger partial charge on any atom is 0.255 e. The molecular weight excluding hydrogens is 314 g/mol. The molecule has 0 aliphatic carbocycles. The Balaban J connectivity index is 1.66. The van der Waals surface area contributed by atoms with Crippen molar-refractivity contribution in [1.29, 1.82) is 0 Å². The lowest BCUT2D eigenvalue weighted by Crippen LogP contribution is -2.23. The molecule has 0 atom stereocenters. The van der Waals surface area contributed by atoms with Crippen molar-refractivity contribution < 1.29 is 9.59 Å². The van der Waals surface area contributed by atoms with E-state index < -0.39 is 0 Å². The van der Waals surface area contributed by atoms with E-state index in [1.807, 2.05) is 72.4 Å². The molecule has 5 heteroatoms. The molecule has 130 valence electrons. The minimum Gasteiger partial charge on any atom is -0.378 e. The monoisotopic (exact) mass is 337 g/mol. The molecule has 0 unspecified atom stereocenters. The largest absolute Gasteiger partial charge is 0.378 e. The number of anilines is 2. The van der Waals surface area contributed by atoms with Crippen LogP contribution in [0.4, 0.5) is 11.4 Å². The second-order valence-electron chi connectivity index (χ2n) is 6.51. The molecule has 0 radical (unpaired) electrons. The fourth-order valence-corrected chi connectivity index (χ4v) is 2.95. The minimum absolute atomic E-state index is 0.139. The van der Waals surface area contributed by atoms with Crippen molar-refractivity contribution in [2.45, 2.75) is 19.4 Å². The number of nitrogens with one attached hydrogen (secondary N) is 1. The molecule has 1 fully saturated rings. The summed E-state index contributed by atoms with van der Waals surface area (Å²) in [5, 5.41) is 2.93. The zero-order valence-electron chi connectivity index (χ0n) is 14.7. The van der Waals surface area contributed by atoms with Crippen LogP contribution in [0.2, 0.25) is 0 Å². The van der Waals surface area contributed by atoms with Crippen LogP contribution in [0.5, 0.6) is 0 Å². The normalized spacial score (nSPS) is 13.8. The highest BCUT2D eigenvalue weighted by molar-refractivity contribution is 6.04. The Labute approximate surface area is 148 Å². The first kappa shape index (κ1) is 17.0. The molecule has 2 aromatic carbocycles. The fraction of sp³-hybridized carbons (Fsp3) is 0.300. The first-order valence-corrected chi connectivity index (χ1v) is 8.48. The summed E-state index contributed by atoms with van der Waals surface area (Å²) in [5.41, 5.74) is 3.43. The predicted octanol–water partition coefficient (Wildman–Crippen LogP) is 3.13. The van der Waals surface area contributed by atoms with Crippen LogP contribution in [0.15, 0.2) is 48.5 Å². The summed E-state index contributed by atoms with van der Waals surface area (Å²) >= 11 is 0. The molecule has 0 saturated carbocycles. The lowest BCUT2D eigenvalue weighted by Gasteiger charge is -2.16. The Morgan fingerprint density at radius 3 is 2.56 bits per heavy atom. The highest BCUT2D eigenvalue weighted by Gasteiger charge is 2.20. The van der Waals surface area contributed by atoms with Gasteiger partial charge in [0, 0.05) is 50.5 Å². The van der Waals surface area contributed by atoms with Crippen LogP contribution in [0.1, 0.15) is 28.8 Å². The molecule has 1 N–H and O–H groups in total. The van der Waals surface area contributed by atoms with Crippen molar-refractivity contribution in [2.75, 3.05) is 30.9 Å². The van der Waals surface area contributed by atoms with Crippen LogP contribution in [0.3, 0.4) is 0 Å². The fourth-order valence-electron chi connectivity index (χ4n) is 2.95. The Morgan fingerprint density at radius 2 is 1.92 bits per heavy atom. The van der Waals surface area contributed by atoms with E-state index in [1.165, 1.54) is 0 Å². The molecule has 1 saturated heterocycles. The molecule has 3 rings (SSSR count). The molecule has 0 bridgehead atoms. The lowest BCUT2D eigenvalue weighted by atomic mass is 10.1. The smallest absolute Gasteiger partial charge is 0.255 e. The van der Waals surface area contributed by atoms with Gasteiger partial charge in [0.1, 0.15) is 0 Å². The summed E-state index contributed by atoms with van der Waals surface area (Å²) in [7, 11) is 3.93. The highest BCUT2D eigenvalue weighted by Crippen LogP contribution is 2.18. The average molecular weight is 337 g/mol. The SMILES string of the molecule is CN(C)c1ccc(C(=O)Nc2cccc(CN3CCCC3=O)c2)cc1. The third kappa shape index (κ3) is 4.18. The van der Waals surface area contributed by atoms with Gasteiger partial charge < -0.3 is 15.1 Å². The van der Waals surface area contributed by atoms with Gasteiger partial charge in [0.2, 0.25) is 5.91 Å². The summed E-state index contributed by atoms with van der Waals surface area (Å²) in [5.74, 6) is 0.0649. The van der Waals surface area contributed by atoms with Crippen molar-refractivity contribution >= 4 is 23.2 Å². The first-order chi connectivity index (χ1) is 12.0. The number of benzene rings is 2. The minimum atomic E-state index is -0.139.